The van der Waals surface area contributed by atoms with Crippen molar-refractivity contribution in [3.05, 3.63) is 76.3 Å². The van der Waals surface area contributed by atoms with Crippen molar-refractivity contribution in [2.45, 2.75) is 25.5 Å². The van der Waals surface area contributed by atoms with E-state index in [0.717, 1.165) is 11.3 Å². The van der Waals surface area contributed by atoms with Crippen LogP contribution >= 0.6 is 0 Å². The number of fused-ring (bicyclic) bond motifs is 1. The molecule has 3 atom stereocenters. The Kier molecular flexibility index (Phi) is 7.66. The average molecular weight is 564 g/mol. The molecule has 2 heterocycles. The van der Waals surface area contributed by atoms with Crippen molar-refractivity contribution < 1.29 is 38.3 Å². The number of hydrogen-bond acceptors (Lipinski definition) is 10. The molecule has 0 saturated carbocycles. The first-order valence-corrected chi connectivity index (χ1v) is 12.9. The first-order chi connectivity index (χ1) is 19.8. The Bertz CT molecular complexity index is 1480. The Morgan fingerprint density at radius 1 is 0.902 bits per heavy atom. The SMILES string of the molecule is CCCOc1ccc(N2C(=O)[C@H]3[C@@H](ON(c4cccc([N+](=O)[O-])c4)[C@H]3c3ccc(OC)c(OC)c3OC)C2=O)cc1. The maximum Gasteiger partial charge on any atom is 0.271 e. The maximum absolute atomic E-state index is 14.0. The van der Waals surface area contributed by atoms with Gasteiger partial charge in [-0.05, 0) is 48.9 Å². The summed E-state index contributed by atoms with van der Waals surface area (Å²) in [7, 11) is 4.38. The molecule has 2 amide bonds. The number of non-ortho nitro benzene ring substituents is 1. The second-order valence-corrected chi connectivity index (χ2v) is 9.38. The highest BCUT2D eigenvalue weighted by Gasteiger charge is 2.61. The fourth-order valence-electron chi connectivity index (χ4n) is 5.22. The van der Waals surface area contributed by atoms with Crippen LogP contribution in [-0.2, 0) is 14.4 Å². The molecule has 41 heavy (non-hydrogen) atoms. The highest BCUT2D eigenvalue weighted by Crippen LogP contribution is 2.53. The number of anilines is 2. The highest BCUT2D eigenvalue weighted by atomic mass is 16.7. The van der Waals surface area contributed by atoms with Gasteiger partial charge in [-0.2, -0.15) is 0 Å². The van der Waals surface area contributed by atoms with Crippen molar-refractivity contribution >= 4 is 28.9 Å². The maximum atomic E-state index is 14.0. The molecule has 2 fully saturated rings. The summed E-state index contributed by atoms with van der Waals surface area (Å²) in [5.41, 5.74) is 0.961. The molecule has 2 aliphatic heterocycles. The molecule has 0 bridgehead atoms. The Morgan fingerprint density at radius 2 is 1.63 bits per heavy atom. The summed E-state index contributed by atoms with van der Waals surface area (Å²) in [6.45, 7) is 2.54. The van der Waals surface area contributed by atoms with Gasteiger partial charge < -0.3 is 18.9 Å². The quantitative estimate of drug-likeness (QED) is 0.198. The molecule has 12 nitrogen and oxygen atoms in total. The Hall–Kier alpha value is -4.84. The minimum Gasteiger partial charge on any atom is -0.494 e. The van der Waals surface area contributed by atoms with Crippen LogP contribution in [0.2, 0.25) is 0 Å². The van der Waals surface area contributed by atoms with Gasteiger partial charge in [0.05, 0.1) is 44.2 Å². The predicted octanol–water partition coefficient (Wildman–Crippen LogP) is 4.46. The smallest absolute Gasteiger partial charge is 0.271 e. The van der Waals surface area contributed by atoms with Crippen molar-refractivity contribution in [3.63, 3.8) is 0 Å². The molecule has 2 saturated heterocycles. The van der Waals surface area contributed by atoms with Crippen LogP contribution in [0.1, 0.15) is 24.9 Å². The zero-order chi connectivity index (χ0) is 29.3. The molecule has 3 aromatic carbocycles. The number of amides is 2. The van der Waals surface area contributed by atoms with Gasteiger partial charge in [-0.1, -0.05) is 13.0 Å². The molecule has 214 valence electrons. The number of hydroxylamine groups is 1. The Morgan fingerprint density at radius 3 is 2.27 bits per heavy atom. The topological polar surface area (TPSA) is 130 Å². The van der Waals surface area contributed by atoms with E-state index in [0.29, 0.717) is 35.0 Å². The van der Waals surface area contributed by atoms with E-state index in [2.05, 4.69) is 0 Å². The van der Waals surface area contributed by atoms with Gasteiger partial charge in [0.1, 0.15) is 17.7 Å². The van der Waals surface area contributed by atoms with Gasteiger partial charge in [-0.15, -0.1) is 0 Å². The van der Waals surface area contributed by atoms with E-state index in [4.69, 9.17) is 23.8 Å². The number of carbonyl (C=O) groups excluding carboxylic acids is 2. The fourth-order valence-corrected chi connectivity index (χ4v) is 5.22. The summed E-state index contributed by atoms with van der Waals surface area (Å²) in [6.07, 6.45) is -0.353. The summed E-state index contributed by atoms with van der Waals surface area (Å²) in [5.74, 6) is -0.484. The van der Waals surface area contributed by atoms with E-state index < -0.39 is 34.8 Å². The normalized spacial score (nSPS) is 19.8. The van der Waals surface area contributed by atoms with Crippen LogP contribution in [0.25, 0.3) is 0 Å². The van der Waals surface area contributed by atoms with Gasteiger partial charge in [-0.3, -0.25) is 24.5 Å². The number of benzene rings is 3. The van der Waals surface area contributed by atoms with Crippen molar-refractivity contribution in [3.8, 4) is 23.0 Å². The van der Waals surface area contributed by atoms with Crippen LogP contribution in [0.15, 0.2) is 60.7 Å². The summed E-state index contributed by atoms with van der Waals surface area (Å²) >= 11 is 0. The van der Waals surface area contributed by atoms with Gasteiger partial charge in [0, 0.05) is 17.7 Å². The summed E-state index contributed by atoms with van der Waals surface area (Å²) in [6, 6.07) is 14.9. The van der Waals surface area contributed by atoms with E-state index in [1.54, 1.807) is 42.5 Å². The van der Waals surface area contributed by atoms with Gasteiger partial charge in [0.15, 0.2) is 17.6 Å². The van der Waals surface area contributed by atoms with Gasteiger partial charge >= 0.3 is 0 Å². The largest absolute Gasteiger partial charge is 0.494 e. The second-order valence-electron chi connectivity index (χ2n) is 9.38. The molecule has 0 aromatic heterocycles. The number of imide groups is 1. The third-order valence-electron chi connectivity index (χ3n) is 7.03. The van der Waals surface area contributed by atoms with Gasteiger partial charge in [0.25, 0.3) is 11.6 Å². The Balaban J connectivity index is 1.61. The average Bonchev–Trinajstić information content (AvgIpc) is 3.50. The van der Waals surface area contributed by atoms with Crippen LogP contribution in [0.5, 0.6) is 23.0 Å². The lowest BCUT2D eigenvalue weighted by molar-refractivity contribution is -0.384. The minimum absolute atomic E-state index is 0.175. The lowest BCUT2D eigenvalue weighted by Gasteiger charge is -2.30. The van der Waals surface area contributed by atoms with Crippen LogP contribution in [0, 0.1) is 16.0 Å². The number of nitrogens with zero attached hydrogens (tertiary/aromatic N) is 3. The number of hydrogen-bond donors (Lipinski definition) is 0. The van der Waals surface area contributed by atoms with Crippen molar-refractivity contribution in [1.82, 2.24) is 0 Å². The highest BCUT2D eigenvalue weighted by molar-refractivity contribution is 6.24. The van der Waals surface area contributed by atoms with E-state index in [9.17, 15) is 19.7 Å². The molecule has 2 aliphatic rings. The lowest BCUT2D eigenvalue weighted by atomic mass is 9.89. The van der Waals surface area contributed by atoms with Gasteiger partial charge in [0.2, 0.25) is 11.7 Å². The summed E-state index contributed by atoms with van der Waals surface area (Å²) in [5, 5.41) is 12.9. The van der Waals surface area contributed by atoms with E-state index in [-0.39, 0.29) is 17.2 Å². The number of carbonyl (C=O) groups is 2. The van der Waals surface area contributed by atoms with Gasteiger partial charge in [-0.25, -0.2) is 9.96 Å². The summed E-state index contributed by atoms with van der Waals surface area (Å²) in [4.78, 5) is 46.0. The zero-order valence-corrected chi connectivity index (χ0v) is 22.9. The molecule has 0 spiro atoms. The third-order valence-corrected chi connectivity index (χ3v) is 7.03. The number of nitro groups is 1. The Labute approximate surface area is 236 Å². The molecule has 0 radical (unpaired) electrons. The van der Waals surface area contributed by atoms with Crippen LogP contribution in [-0.4, -0.2) is 50.8 Å². The standard InChI is InChI=1S/C29H29N3O9/c1-5-15-40-20-11-9-17(10-12-20)30-28(33)23-24(21-13-14-22(37-2)26(39-4)25(21)38-3)31(41-27(23)29(30)34)18-7-6-8-19(16-18)32(35)36/h6-14,16,23-24,27H,5,15H2,1-4H3/t23-,24+,27-/m1/s1. The first kappa shape index (κ1) is 27.7. The molecule has 12 heteroatoms. The van der Waals surface area contributed by atoms with Crippen LogP contribution in [0.4, 0.5) is 17.1 Å². The van der Waals surface area contributed by atoms with Crippen molar-refractivity contribution in [2.24, 2.45) is 5.92 Å². The molecule has 3 aromatic rings. The van der Waals surface area contributed by atoms with Crippen molar-refractivity contribution in [2.75, 3.05) is 37.9 Å². The van der Waals surface area contributed by atoms with Crippen molar-refractivity contribution in [1.29, 1.82) is 0 Å². The lowest BCUT2D eigenvalue weighted by Crippen LogP contribution is -2.37. The van der Waals surface area contributed by atoms with E-state index in [1.165, 1.54) is 44.6 Å². The molecule has 0 unspecified atom stereocenters. The molecule has 0 aliphatic carbocycles. The predicted molar refractivity (Wildman–Crippen MR) is 147 cm³/mol. The van der Waals surface area contributed by atoms with Crippen LogP contribution < -0.4 is 28.9 Å². The van der Waals surface area contributed by atoms with Crippen LogP contribution in [0.3, 0.4) is 0 Å². The number of rotatable bonds is 10. The molecular formula is C29H29N3O9. The number of nitro benzene ring substituents is 1. The molecule has 5 rings (SSSR count). The third kappa shape index (κ3) is 4.76. The fraction of sp³-hybridized carbons (Fsp3) is 0.310. The summed E-state index contributed by atoms with van der Waals surface area (Å²) < 4.78 is 22.3. The molecule has 0 N–H and O–H groups in total. The monoisotopic (exact) mass is 563 g/mol. The molecular weight excluding hydrogens is 534 g/mol. The second kappa shape index (κ2) is 11.3. The van der Waals surface area contributed by atoms with E-state index >= 15 is 0 Å². The number of ether oxygens (including phenoxy) is 4. The zero-order valence-electron chi connectivity index (χ0n) is 22.9. The van der Waals surface area contributed by atoms with E-state index in [1.807, 2.05) is 6.92 Å². The first-order valence-electron chi connectivity index (χ1n) is 12.9. The minimum atomic E-state index is -1.19. The number of methoxy groups -OCH3 is 3.